The minimum atomic E-state index is -0.341. The predicted octanol–water partition coefficient (Wildman–Crippen LogP) is 3.00. The van der Waals surface area contributed by atoms with Crippen LogP contribution in [0.3, 0.4) is 0 Å². The quantitative estimate of drug-likeness (QED) is 0.831. The summed E-state index contributed by atoms with van der Waals surface area (Å²) in [6.07, 6.45) is 4.35. The lowest BCUT2D eigenvalue weighted by Gasteiger charge is -2.57. The van der Waals surface area contributed by atoms with Crippen LogP contribution in [0.25, 0.3) is 0 Å². The molecule has 22 heavy (non-hydrogen) atoms. The minimum absolute atomic E-state index is 0.0148. The van der Waals surface area contributed by atoms with Crippen LogP contribution in [0.4, 0.5) is 0 Å². The van der Waals surface area contributed by atoms with E-state index in [1.54, 1.807) is 0 Å². The first kappa shape index (κ1) is 16.0. The van der Waals surface area contributed by atoms with Crippen molar-refractivity contribution in [3.05, 3.63) is 34.3 Å². The van der Waals surface area contributed by atoms with Crippen molar-refractivity contribution in [3.63, 3.8) is 0 Å². The smallest absolute Gasteiger partial charge is 0.331 e. The molecule has 3 rings (SSSR count). The summed E-state index contributed by atoms with van der Waals surface area (Å²) in [6, 6.07) is 8.25. The number of halogens is 1. The van der Waals surface area contributed by atoms with Crippen molar-refractivity contribution in [3.8, 4) is 0 Å². The second kappa shape index (κ2) is 6.30. The maximum Gasteiger partial charge on any atom is 0.331 e. The highest BCUT2D eigenvalue weighted by molar-refractivity contribution is 9.10. The Bertz CT molecular complexity index is 529. The molecule has 1 saturated heterocycles. The molecule has 2 aliphatic rings. The van der Waals surface area contributed by atoms with Crippen LogP contribution in [0, 0.1) is 5.41 Å². The summed E-state index contributed by atoms with van der Waals surface area (Å²) < 4.78 is 11.8. The lowest BCUT2D eigenvalue weighted by Crippen LogP contribution is -2.55. The summed E-state index contributed by atoms with van der Waals surface area (Å²) in [6.45, 7) is 2.17. The van der Waals surface area contributed by atoms with Gasteiger partial charge in [0.05, 0.1) is 12.7 Å². The van der Waals surface area contributed by atoms with Crippen LogP contribution in [-0.2, 0) is 19.9 Å². The van der Waals surface area contributed by atoms with E-state index in [2.05, 4.69) is 33.4 Å². The van der Waals surface area contributed by atoms with Gasteiger partial charge in [0.1, 0.15) is 6.61 Å². The second-order valence-electron chi connectivity index (χ2n) is 6.47. The van der Waals surface area contributed by atoms with E-state index in [4.69, 9.17) is 9.47 Å². The van der Waals surface area contributed by atoms with Crippen LogP contribution in [0.15, 0.2) is 28.7 Å². The third kappa shape index (κ3) is 3.07. The molecule has 1 N–H and O–H groups in total. The highest BCUT2D eigenvalue weighted by atomic mass is 79.9. The van der Waals surface area contributed by atoms with Gasteiger partial charge in [-0.2, -0.15) is 0 Å². The predicted molar refractivity (Wildman–Crippen MR) is 87.6 cm³/mol. The average molecular weight is 368 g/mol. The number of methoxy groups -OCH3 is 1. The highest BCUT2D eigenvalue weighted by Gasteiger charge is 2.56. The van der Waals surface area contributed by atoms with Gasteiger partial charge in [0.15, 0.2) is 0 Å². The normalized spacial score (nSPS) is 22.1. The number of esters is 1. The Morgan fingerprint density at radius 1 is 1.23 bits per heavy atom. The number of rotatable bonds is 4. The number of carbonyl (C=O) groups excluding carboxylic acids is 1. The Kier molecular flexibility index (Phi) is 4.57. The molecule has 120 valence electrons. The van der Waals surface area contributed by atoms with Gasteiger partial charge in [0.25, 0.3) is 0 Å². The van der Waals surface area contributed by atoms with Gasteiger partial charge in [0, 0.05) is 4.47 Å². The van der Waals surface area contributed by atoms with Crippen molar-refractivity contribution < 1.29 is 14.3 Å². The number of hydrogen-bond acceptors (Lipinski definition) is 4. The maximum atomic E-state index is 11.5. The van der Waals surface area contributed by atoms with E-state index in [1.165, 1.54) is 20.0 Å². The molecule has 1 saturated carbocycles. The lowest BCUT2D eigenvalue weighted by molar-refractivity contribution is -0.196. The zero-order valence-electron chi connectivity index (χ0n) is 12.9. The van der Waals surface area contributed by atoms with Crippen molar-refractivity contribution >= 4 is 21.9 Å². The van der Waals surface area contributed by atoms with Crippen molar-refractivity contribution in [1.29, 1.82) is 0 Å². The topological polar surface area (TPSA) is 47.6 Å². The number of carbonyl (C=O) groups is 1. The first-order chi connectivity index (χ1) is 10.6. The Morgan fingerprint density at radius 3 is 2.45 bits per heavy atom. The molecule has 0 unspecified atom stereocenters. The third-order valence-electron chi connectivity index (χ3n) is 5.05. The molecule has 1 heterocycles. The molecule has 2 fully saturated rings. The van der Waals surface area contributed by atoms with Crippen LogP contribution in [-0.4, -0.2) is 32.8 Å². The van der Waals surface area contributed by atoms with Crippen LogP contribution in [0.1, 0.15) is 31.2 Å². The second-order valence-corrected chi connectivity index (χ2v) is 7.39. The summed E-state index contributed by atoms with van der Waals surface area (Å²) in [7, 11) is 1.40. The maximum absolute atomic E-state index is 11.5. The van der Waals surface area contributed by atoms with Gasteiger partial charge in [0.2, 0.25) is 0 Å². The van der Waals surface area contributed by atoms with Crippen molar-refractivity contribution in [1.82, 2.24) is 5.32 Å². The van der Waals surface area contributed by atoms with Crippen LogP contribution in [0.5, 0.6) is 0 Å². The largest absolute Gasteiger partial charge is 0.467 e. The molecule has 1 aromatic rings. The Labute approximate surface area is 139 Å². The van der Waals surface area contributed by atoms with Crippen molar-refractivity contribution in [2.75, 3.05) is 26.8 Å². The van der Waals surface area contributed by atoms with Crippen LogP contribution < -0.4 is 5.32 Å². The van der Waals surface area contributed by atoms with Gasteiger partial charge >= 0.3 is 5.97 Å². The van der Waals surface area contributed by atoms with E-state index in [1.807, 2.05) is 12.1 Å². The van der Waals surface area contributed by atoms with Crippen molar-refractivity contribution in [2.45, 2.75) is 31.3 Å². The Morgan fingerprint density at radius 2 is 1.86 bits per heavy atom. The third-order valence-corrected chi connectivity index (χ3v) is 5.58. The fourth-order valence-electron chi connectivity index (χ4n) is 3.87. The summed E-state index contributed by atoms with van der Waals surface area (Å²) >= 11 is 3.47. The Balaban J connectivity index is 1.78. The molecule has 1 aromatic carbocycles. The molecule has 0 amide bonds. The highest BCUT2D eigenvalue weighted by Crippen LogP contribution is 2.60. The number of benzene rings is 1. The van der Waals surface area contributed by atoms with E-state index in [9.17, 15) is 4.79 Å². The molecule has 1 aliphatic carbocycles. The Hall–Kier alpha value is -0.910. The number of nitrogens with one attached hydrogen (secondary N) is 1. The molecule has 4 nitrogen and oxygen atoms in total. The summed E-state index contributed by atoms with van der Waals surface area (Å²) in [4.78, 5) is 11.5. The molecule has 1 spiro atoms. The van der Waals surface area contributed by atoms with Crippen LogP contribution >= 0.6 is 15.9 Å². The number of ether oxygens (including phenoxy) is 2. The molecular formula is C17H22BrNO3. The fourth-order valence-corrected chi connectivity index (χ4v) is 4.13. The molecule has 0 bridgehead atoms. The standard InChI is InChI=1S/C17H22BrNO3/c1-21-15(20)10-22-17(13-2-4-14(18)5-3-13)11-16(12-17)6-8-19-9-7-16/h2-5,19H,6-12H2,1H3. The summed E-state index contributed by atoms with van der Waals surface area (Å²) in [5.74, 6) is -0.317. The number of hydrogen-bond donors (Lipinski definition) is 1. The van der Waals surface area contributed by atoms with Gasteiger partial charge in [-0.25, -0.2) is 4.79 Å². The van der Waals surface area contributed by atoms with E-state index in [0.29, 0.717) is 5.41 Å². The van der Waals surface area contributed by atoms with Gasteiger partial charge in [-0.05, 0) is 61.9 Å². The monoisotopic (exact) mass is 367 g/mol. The molecule has 0 atom stereocenters. The van der Waals surface area contributed by atoms with Gasteiger partial charge in [-0.1, -0.05) is 28.1 Å². The zero-order valence-corrected chi connectivity index (χ0v) is 14.4. The van der Waals surface area contributed by atoms with E-state index < -0.39 is 0 Å². The molecule has 0 radical (unpaired) electrons. The first-order valence-corrected chi connectivity index (χ1v) is 8.54. The van der Waals surface area contributed by atoms with E-state index in [-0.39, 0.29) is 18.2 Å². The number of piperidine rings is 1. The van der Waals surface area contributed by atoms with Gasteiger partial charge in [-0.15, -0.1) is 0 Å². The zero-order chi connectivity index (χ0) is 15.6. The van der Waals surface area contributed by atoms with Gasteiger partial charge in [-0.3, -0.25) is 0 Å². The minimum Gasteiger partial charge on any atom is -0.467 e. The first-order valence-electron chi connectivity index (χ1n) is 7.75. The van der Waals surface area contributed by atoms with E-state index in [0.717, 1.165) is 36.0 Å². The average Bonchev–Trinajstić information content (AvgIpc) is 2.52. The summed E-state index contributed by atoms with van der Waals surface area (Å²) in [5.41, 5.74) is 1.18. The SMILES string of the molecule is COC(=O)COC1(c2ccc(Br)cc2)CC2(CCNCC2)C1. The van der Waals surface area contributed by atoms with Crippen molar-refractivity contribution in [2.24, 2.45) is 5.41 Å². The molecule has 0 aromatic heterocycles. The fraction of sp³-hybridized carbons (Fsp3) is 0.588. The molecule has 5 heteroatoms. The lowest BCUT2D eigenvalue weighted by atomic mass is 9.53. The van der Waals surface area contributed by atoms with E-state index >= 15 is 0 Å². The molecular weight excluding hydrogens is 346 g/mol. The van der Waals surface area contributed by atoms with Crippen LogP contribution in [0.2, 0.25) is 0 Å². The summed E-state index contributed by atoms with van der Waals surface area (Å²) in [5, 5.41) is 3.42. The van der Waals surface area contributed by atoms with Gasteiger partial charge < -0.3 is 14.8 Å². The molecule has 1 aliphatic heterocycles.